The summed E-state index contributed by atoms with van der Waals surface area (Å²) in [5.74, 6) is 0. The van der Waals surface area contributed by atoms with Crippen molar-refractivity contribution in [3.05, 3.63) is 36.2 Å². The number of aromatic nitrogens is 1. The second kappa shape index (κ2) is 3.66. The fourth-order valence-electron chi connectivity index (χ4n) is 1.90. The van der Waals surface area contributed by atoms with E-state index < -0.39 is 0 Å². The lowest BCUT2D eigenvalue weighted by atomic mass is 9.94. The van der Waals surface area contributed by atoms with Crippen LogP contribution < -0.4 is 5.73 Å². The molecule has 2 heterocycles. The molecule has 80 valence electrons. The largest absolute Gasteiger partial charge is 0.397 e. The highest BCUT2D eigenvalue weighted by atomic mass is 16.5. The first-order valence-electron chi connectivity index (χ1n) is 5.17. The summed E-state index contributed by atoms with van der Waals surface area (Å²) in [6.45, 7) is 6.59. The summed E-state index contributed by atoms with van der Waals surface area (Å²) in [6.07, 6.45) is 4.00. The predicted molar refractivity (Wildman–Crippen MR) is 60.0 cm³/mol. The molecule has 0 aromatic carbocycles. The molecule has 2 rings (SSSR count). The summed E-state index contributed by atoms with van der Waals surface area (Å²) < 4.78 is 5.73. The van der Waals surface area contributed by atoms with Gasteiger partial charge in [-0.2, -0.15) is 0 Å². The Morgan fingerprint density at radius 3 is 2.87 bits per heavy atom. The molecule has 3 nitrogen and oxygen atoms in total. The lowest BCUT2D eigenvalue weighted by Crippen LogP contribution is -2.20. The Hall–Kier alpha value is -1.35. The van der Waals surface area contributed by atoms with Gasteiger partial charge >= 0.3 is 0 Å². The van der Waals surface area contributed by atoms with E-state index >= 15 is 0 Å². The summed E-state index contributed by atoms with van der Waals surface area (Å²) in [5, 5.41) is 0. The van der Waals surface area contributed by atoms with Crippen LogP contribution in [0, 0.1) is 0 Å². The predicted octanol–water partition coefficient (Wildman–Crippen LogP) is 2.04. The number of pyridine rings is 1. The minimum atomic E-state index is -0.165. The summed E-state index contributed by atoms with van der Waals surface area (Å²) in [5.41, 5.74) is 7.75. The Bertz CT molecular complexity index is 364. The van der Waals surface area contributed by atoms with Gasteiger partial charge in [0.15, 0.2) is 0 Å². The van der Waals surface area contributed by atoms with Gasteiger partial charge in [0, 0.05) is 18.4 Å². The highest BCUT2D eigenvalue weighted by molar-refractivity contribution is 5.56. The molecule has 1 saturated heterocycles. The van der Waals surface area contributed by atoms with Crippen molar-refractivity contribution in [2.24, 2.45) is 5.73 Å². The maximum Gasteiger partial charge on any atom is 0.0918 e. The second-order valence-corrected chi connectivity index (χ2v) is 4.14. The molecule has 15 heavy (non-hydrogen) atoms. The van der Waals surface area contributed by atoms with Crippen LogP contribution in [-0.4, -0.2) is 11.6 Å². The van der Waals surface area contributed by atoms with E-state index in [2.05, 4.69) is 18.5 Å². The number of nitrogens with two attached hydrogens (primary N) is 1. The number of hydrogen-bond donors (Lipinski definition) is 1. The average Bonchev–Trinajstić information content (AvgIpc) is 2.67. The van der Waals surface area contributed by atoms with Crippen molar-refractivity contribution in [3.8, 4) is 0 Å². The quantitative estimate of drug-likeness (QED) is 0.802. The van der Waals surface area contributed by atoms with E-state index in [1.807, 2.05) is 18.3 Å². The van der Waals surface area contributed by atoms with Gasteiger partial charge in [-0.05, 0) is 25.8 Å². The summed E-state index contributed by atoms with van der Waals surface area (Å²) in [4.78, 5) is 4.26. The normalized spacial score (nSPS) is 25.4. The molecule has 0 amide bonds. The fourth-order valence-corrected chi connectivity index (χ4v) is 1.90. The zero-order chi connectivity index (χ0) is 10.9. The molecule has 2 N–H and O–H groups in total. The topological polar surface area (TPSA) is 48.1 Å². The van der Waals surface area contributed by atoms with Gasteiger partial charge in [0.2, 0.25) is 0 Å². The van der Waals surface area contributed by atoms with Crippen molar-refractivity contribution >= 4 is 5.70 Å². The maximum atomic E-state index is 5.73. The molecule has 0 spiro atoms. The van der Waals surface area contributed by atoms with E-state index in [1.165, 1.54) is 0 Å². The fraction of sp³-hybridized carbons (Fsp3) is 0.417. The van der Waals surface area contributed by atoms with Crippen molar-refractivity contribution in [2.75, 3.05) is 6.61 Å². The summed E-state index contributed by atoms with van der Waals surface area (Å²) in [6, 6.07) is 3.91. The molecule has 1 unspecified atom stereocenters. The third kappa shape index (κ3) is 1.88. The average molecular weight is 204 g/mol. The lowest BCUT2D eigenvalue weighted by Gasteiger charge is -2.23. The highest BCUT2D eigenvalue weighted by Crippen LogP contribution is 2.35. The van der Waals surface area contributed by atoms with Crippen LogP contribution in [0.3, 0.4) is 0 Å². The SMILES string of the molecule is C=C(N)c1ccc(C2(C)CCCO2)cn1. The minimum absolute atomic E-state index is 0.165. The molecular formula is C12H16N2O. The first-order chi connectivity index (χ1) is 7.12. The molecule has 0 radical (unpaired) electrons. The summed E-state index contributed by atoms with van der Waals surface area (Å²) >= 11 is 0. The van der Waals surface area contributed by atoms with Crippen LogP contribution in [0.15, 0.2) is 24.9 Å². The third-order valence-corrected chi connectivity index (χ3v) is 2.92. The van der Waals surface area contributed by atoms with Crippen LogP contribution in [0.2, 0.25) is 0 Å². The van der Waals surface area contributed by atoms with Gasteiger partial charge in [0.25, 0.3) is 0 Å². The molecule has 1 aromatic heterocycles. The van der Waals surface area contributed by atoms with Gasteiger partial charge in [0.1, 0.15) is 0 Å². The van der Waals surface area contributed by atoms with Gasteiger partial charge < -0.3 is 10.5 Å². The second-order valence-electron chi connectivity index (χ2n) is 4.14. The molecule has 3 heteroatoms. The summed E-state index contributed by atoms with van der Waals surface area (Å²) in [7, 11) is 0. The zero-order valence-electron chi connectivity index (χ0n) is 8.99. The molecule has 0 bridgehead atoms. The van der Waals surface area contributed by atoms with E-state index in [1.54, 1.807) is 0 Å². The Labute approximate surface area is 90.0 Å². The van der Waals surface area contributed by atoms with Gasteiger partial charge in [-0.3, -0.25) is 4.98 Å². The molecule has 1 aromatic rings. The number of nitrogens with zero attached hydrogens (tertiary/aromatic N) is 1. The lowest BCUT2D eigenvalue weighted by molar-refractivity contribution is 0.0165. The van der Waals surface area contributed by atoms with Gasteiger partial charge in [0.05, 0.1) is 17.0 Å². The van der Waals surface area contributed by atoms with Crippen LogP contribution in [0.25, 0.3) is 5.70 Å². The van der Waals surface area contributed by atoms with Gasteiger partial charge in [-0.1, -0.05) is 12.6 Å². The molecular weight excluding hydrogens is 188 g/mol. The Balaban J connectivity index is 2.26. The van der Waals surface area contributed by atoms with Gasteiger partial charge in [-0.25, -0.2) is 0 Å². The smallest absolute Gasteiger partial charge is 0.0918 e. The van der Waals surface area contributed by atoms with E-state index in [4.69, 9.17) is 10.5 Å². The maximum absolute atomic E-state index is 5.73. The van der Waals surface area contributed by atoms with Crippen LogP contribution in [-0.2, 0) is 10.3 Å². The highest BCUT2D eigenvalue weighted by Gasteiger charge is 2.31. The zero-order valence-corrected chi connectivity index (χ0v) is 8.99. The molecule has 1 fully saturated rings. The standard InChI is InChI=1S/C12H16N2O/c1-9(13)11-5-4-10(8-14-11)12(2)6-3-7-15-12/h4-5,8H,1,3,6-7,13H2,2H3. The van der Waals surface area contributed by atoms with E-state index in [0.717, 1.165) is 30.7 Å². The molecule has 1 aliphatic rings. The van der Waals surface area contributed by atoms with Crippen molar-refractivity contribution in [1.82, 2.24) is 4.98 Å². The first kappa shape index (κ1) is 10.2. The van der Waals surface area contributed by atoms with Crippen molar-refractivity contribution < 1.29 is 4.74 Å². The molecule has 0 aliphatic carbocycles. The van der Waals surface area contributed by atoms with Crippen molar-refractivity contribution in [2.45, 2.75) is 25.4 Å². The Morgan fingerprint density at radius 2 is 2.40 bits per heavy atom. The van der Waals surface area contributed by atoms with Crippen LogP contribution >= 0.6 is 0 Å². The Morgan fingerprint density at radius 1 is 1.60 bits per heavy atom. The minimum Gasteiger partial charge on any atom is -0.397 e. The van der Waals surface area contributed by atoms with Crippen molar-refractivity contribution in [3.63, 3.8) is 0 Å². The van der Waals surface area contributed by atoms with Crippen LogP contribution in [0.1, 0.15) is 31.0 Å². The van der Waals surface area contributed by atoms with Crippen LogP contribution in [0.5, 0.6) is 0 Å². The van der Waals surface area contributed by atoms with Gasteiger partial charge in [-0.15, -0.1) is 0 Å². The van der Waals surface area contributed by atoms with E-state index in [-0.39, 0.29) is 5.60 Å². The third-order valence-electron chi connectivity index (χ3n) is 2.92. The Kier molecular flexibility index (Phi) is 2.49. The monoisotopic (exact) mass is 204 g/mol. The number of rotatable bonds is 2. The van der Waals surface area contributed by atoms with Crippen molar-refractivity contribution in [1.29, 1.82) is 0 Å². The van der Waals surface area contributed by atoms with E-state index in [9.17, 15) is 0 Å². The molecule has 1 atom stereocenters. The molecule has 0 saturated carbocycles. The van der Waals surface area contributed by atoms with E-state index in [0.29, 0.717) is 5.70 Å². The first-order valence-corrected chi connectivity index (χ1v) is 5.17. The molecule has 1 aliphatic heterocycles. The number of ether oxygens (including phenoxy) is 1. The number of hydrogen-bond acceptors (Lipinski definition) is 3. The van der Waals surface area contributed by atoms with Crippen LogP contribution in [0.4, 0.5) is 0 Å².